The number of esters is 1. The Morgan fingerprint density at radius 1 is 1.17 bits per heavy atom. The van der Waals surface area contributed by atoms with Crippen molar-refractivity contribution in [3.05, 3.63) is 12.2 Å². The fourth-order valence-corrected chi connectivity index (χ4v) is 3.58. The lowest BCUT2D eigenvalue weighted by Crippen LogP contribution is -2.32. The third-order valence-electron chi connectivity index (χ3n) is 3.63. The molecule has 2 aliphatic rings. The van der Waals surface area contributed by atoms with Gasteiger partial charge in [0.15, 0.2) is 0 Å². The number of rotatable bonds is 4. The summed E-state index contributed by atoms with van der Waals surface area (Å²) in [5.74, 6) is 0.0193. The molecule has 0 aliphatic heterocycles. The zero-order valence-electron chi connectivity index (χ0n) is 10.6. The van der Waals surface area contributed by atoms with E-state index in [1.165, 1.54) is 0 Å². The van der Waals surface area contributed by atoms with Crippen molar-refractivity contribution in [1.82, 2.24) is 0 Å². The summed E-state index contributed by atoms with van der Waals surface area (Å²) in [5.41, 5.74) is 0.390. The summed E-state index contributed by atoms with van der Waals surface area (Å²) < 4.78 is 32.6. The highest BCUT2D eigenvalue weighted by Crippen LogP contribution is 2.47. The normalized spacial score (nSPS) is 34.6. The monoisotopic (exact) mass is 274 g/mol. The zero-order chi connectivity index (χ0) is 13.5. The van der Waals surface area contributed by atoms with Gasteiger partial charge < -0.3 is 4.74 Å². The molecule has 0 aromatic heterocycles. The first-order valence-electron chi connectivity index (χ1n) is 6.01. The van der Waals surface area contributed by atoms with Gasteiger partial charge in [-0.25, -0.2) is 4.79 Å². The lowest BCUT2D eigenvalue weighted by molar-refractivity contribution is -0.147. The minimum absolute atomic E-state index is 0.112. The molecule has 4 unspecified atom stereocenters. The molecule has 0 N–H and O–H groups in total. The second-order valence-corrected chi connectivity index (χ2v) is 6.89. The molecule has 102 valence electrons. The summed E-state index contributed by atoms with van der Waals surface area (Å²) in [5, 5.41) is 0. The maximum atomic E-state index is 11.4. The van der Waals surface area contributed by atoms with Crippen LogP contribution in [0, 0.1) is 11.8 Å². The molecule has 2 fully saturated rings. The van der Waals surface area contributed by atoms with Crippen LogP contribution in [0.3, 0.4) is 0 Å². The van der Waals surface area contributed by atoms with Crippen LogP contribution in [-0.2, 0) is 23.8 Å². The van der Waals surface area contributed by atoms with Crippen molar-refractivity contribution in [2.24, 2.45) is 11.8 Å². The first-order chi connectivity index (χ1) is 8.26. The van der Waals surface area contributed by atoms with Crippen molar-refractivity contribution in [3.8, 4) is 0 Å². The molecule has 2 bridgehead atoms. The average Bonchev–Trinajstić information content (AvgIpc) is 2.74. The quantitative estimate of drug-likeness (QED) is 0.438. The van der Waals surface area contributed by atoms with Gasteiger partial charge in [-0.1, -0.05) is 6.58 Å². The predicted molar refractivity (Wildman–Crippen MR) is 65.2 cm³/mol. The van der Waals surface area contributed by atoms with Crippen LogP contribution in [0.2, 0.25) is 0 Å². The van der Waals surface area contributed by atoms with Crippen LogP contribution < -0.4 is 0 Å². The number of hydrogen-bond donors (Lipinski definition) is 0. The lowest BCUT2D eigenvalue weighted by atomic mass is 9.95. The minimum atomic E-state index is -3.41. The van der Waals surface area contributed by atoms with Crippen LogP contribution in [0.25, 0.3) is 0 Å². The van der Waals surface area contributed by atoms with Crippen LogP contribution in [0.4, 0.5) is 0 Å². The summed E-state index contributed by atoms with van der Waals surface area (Å²) in [6, 6.07) is 0. The highest BCUT2D eigenvalue weighted by atomic mass is 32.2. The molecule has 4 atom stereocenters. The predicted octanol–water partition coefficient (Wildman–Crippen LogP) is 1.25. The largest absolute Gasteiger partial charge is 0.459 e. The fourth-order valence-electron chi connectivity index (χ4n) is 2.89. The smallest absolute Gasteiger partial charge is 0.333 e. The third kappa shape index (κ3) is 2.92. The van der Waals surface area contributed by atoms with E-state index in [9.17, 15) is 13.2 Å². The number of carbonyl (C=O) groups is 1. The van der Waals surface area contributed by atoms with Gasteiger partial charge in [-0.05, 0) is 38.0 Å². The van der Waals surface area contributed by atoms with E-state index in [0.717, 1.165) is 12.7 Å². The van der Waals surface area contributed by atoms with Gasteiger partial charge in [0.1, 0.15) is 6.10 Å². The number of fused-ring (bicyclic) bond motifs is 2. The van der Waals surface area contributed by atoms with Crippen molar-refractivity contribution in [1.29, 1.82) is 0 Å². The Labute approximate surface area is 107 Å². The second-order valence-electron chi connectivity index (χ2n) is 5.29. The molecule has 6 heteroatoms. The van der Waals surface area contributed by atoms with Crippen molar-refractivity contribution in [3.63, 3.8) is 0 Å². The fraction of sp³-hybridized carbons (Fsp3) is 0.750. The molecule has 18 heavy (non-hydrogen) atoms. The molecular formula is C12H18O5S. The Morgan fingerprint density at radius 2 is 1.72 bits per heavy atom. The van der Waals surface area contributed by atoms with Gasteiger partial charge in [-0.15, -0.1) is 0 Å². The Hall–Kier alpha value is -0.880. The maximum absolute atomic E-state index is 11.4. The highest BCUT2D eigenvalue weighted by molar-refractivity contribution is 7.86. The lowest BCUT2D eigenvalue weighted by Gasteiger charge is -2.27. The molecule has 5 nitrogen and oxygen atoms in total. The van der Waals surface area contributed by atoms with E-state index in [4.69, 9.17) is 8.92 Å². The first-order valence-corrected chi connectivity index (χ1v) is 7.82. The summed E-state index contributed by atoms with van der Waals surface area (Å²) >= 11 is 0. The van der Waals surface area contributed by atoms with Crippen LogP contribution >= 0.6 is 0 Å². The summed E-state index contributed by atoms with van der Waals surface area (Å²) in [7, 11) is -3.41. The zero-order valence-corrected chi connectivity index (χ0v) is 11.4. The van der Waals surface area contributed by atoms with Crippen molar-refractivity contribution in [2.75, 3.05) is 6.26 Å². The van der Waals surface area contributed by atoms with Gasteiger partial charge in [0.25, 0.3) is 10.1 Å². The third-order valence-corrected chi connectivity index (χ3v) is 4.23. The number of carbonyl (C=O) groups excluding carboxylic acids is 1. The Bertz CT molecular complexity index is 467. The van der Waals surface area contributed by atoms with E-state index < -0.39 is 10.1 Å². The molecule has 0 amide bonds. The minimum Gasteiger partial charge on any atom is -0.459 e. The Kier molecular flexibility index (Phi) is 3.51. The van der Waals surface area contributed by atoms with Crippen LogP contribution in [0.5, 0.6) is 0 Å². The van der Waals surface area contributed by atoms with Crippen LogP contribution in [0.1, 0.15) is 26.2 Å². The van der Waals surface area contributed by atoms with Gasteiger partial charge in [-0.3, -0.25) is 4.18 Å². The highest BCUT2D eigenvalue weighted by Gasteiger charge is 2.49. The molecule has 0 radical (unpaired) electrons. The second kappa shape index (κ2) is 4.66. The van der Waals surface area contributed by atoms with Crippen LogP contribution in [0.15, 0.2) is 12.2 Å². The number of ether oxygens (including phenoxy) is 1. The van der Waals surface area contributed by atoms with Crippen molar-refractivity contribution < 1.29 is 22.1 Å². The van der Waals surface area contributed by atoms with Gasteiger partial charge in [0, 0.05) is 5.57 Å². The molecule has 2 rings (SSSR count). The Balaban J connectivity index is 1.91. The molecule has 0 spiro atoms. The Morgan fingerprint density at radius 3 is 2.17 bits per heavy atom. The van der Waals surface area contributed by atoms with E-state index in [0.29, 0.717) is 18.4 Å². The number of hydrogen-bond acceptors (Lipinski definition) is 5. The van der Waals surface area contributed by atoms with E-state index in [2.05, 4.69) is 6.58 Å². The molecule has 2 aliphatic carbocycles. The summed E-state index contributed by atoms with van der Waals surface area (Å²) in [4.78, 5) is 11.4. The topological polar surface area (TPSA) is 69.7 Å². The van der Waals surface area contributed by atoms with Gasteiger partial charge >= 0.3 is 5.97 Å². The van der Waals surface area contributed by atoms with Gasteiger partial charge in [-0.2, -0.15) is 8.42 Å². The van der Waals surface area contributed by atoms with E-state index in [1.54, 1.807) is 6.92 Å². The van der Waals surface area contributed by atoms with Crippen molar-refractivity contribution >= 4 is 16.1 Å². The van der Waals surface area contributed by atoms with Crippen LogP contribution in [-0.4, -0.2) is 32.9 Å². The SMILES string of the molecule is C=C(C)C(=O)OC1CC2CC1CC2OS(C)(=O)=O. The van der Waals surface area contributed by atoms with E-state index >= 15 is 0 Å². The first kappa shape index (κ1) is 13.5. The van der Waals surface area contributed by atoms with Crippen molar-refractivity contribution in [2.45, 2.75) is 38.4 Å². The summed E-state index contributed by atoms with van der Waals surface area (Å²) in [6.45, 7) is 5.16. The van der Waals surface area contributed by atoms with Gasteiger partial charge in [0.2, 0.25) is 0 Å². The van der Waals surface area contributed by atoms with E-state index in [1.807, 2.05) is 0 Å². The molecule has 0 saturated heterocycles. The maximum Gasteiger partial charge on any atom is 0.333 e. The molecule has 2 saturated carbocycles. The summed E-state index contributed by atoms with van der Waals surface area (Å²) in [6.07, 6.45) is 2.91. The standard InChI is InChI=1S/C12H18O5S/c1-7(2)12(13)16-10-5-9-4-8(10)6-11(9)17-18(3,14)15/h8-11H,1,4-6H2,2-3H3. The average molecular weight is 274 g/mol. The molecule has 0 heterocycles. The molecule has 0 aromatic carbocycles. The molecule has 0 aromatic rings. The molecular weight excluding hydrogens is 256 g/mol. The van der Waals surface area contributed by atoms with E-state index in [-0.39, 0.29) is 30.0 Å². The van der Waals surface area contributed by atoms with Gasteiger partial charge in [0.05, 0.1) is 12.4 Å².